The molecule has 0 aromatic heterocycles. The van der Waals surface area contributed by atoms with E-state index in [2.05, 4.69) is 38.1 Å². The van der Waals surface area contributed by atoms with Crippen LogP contribution < -0.4 is 0 Å². The molecule has 0 aliphatic carbocycles. The van der Waals surface area contributed by atoms with E-state index >= 15 is 0 Å². The third-order valence-electron chi connectivity index (χ3n) is 6.94. The van der Waals surface area contributed by atoms with Gasteiger partial charge >= 0.3 is 0 Å². The summed E-state index contributed by atoms with van der Waals surface area (Å²) >= 11 is 0. The van der Waals surface area contributed by atoms with Crippen molar-refractivity contribution in [2.75, 3.05) is 13.1 Å². The Balaban J connectivity index is 1.67. The van der Waals surface area contributed by atoms with Crippen molar-refractivity contribution in [2.24, 2.45) is 0 Å². The minimum atomic E-state index is -3.77. The first-order valence-corrected chi connectivity index (χ1v) is 15.0. The average molecular weight is 528 g/mol. The van der Waals surface area contributed by atoms with Gasteiger partial charge in [-0.25, -0.2) is 8.42 Å². The van der Waals surface area contributed by atoms with Gasteiger partial charge in [-0.2, -0.15) is 4.31 Å². The van der Waals surface area contributed by atoms with Crippen LogP contribution in [0.1, 0.15) is 61.8 Å². The number of carbonyl (C=O) groups is 1. The van der Waals surface area contributed by atoms with E-state index in [-0.39, 0.29) is 23.8 Å². The maximum atomic E-state index is 13.6. The predicted molar refractivity (Wildman–Crippen MR) is 156 cm³/mol. The lowest BCUT2D eigenvalue weighted by Gasteiger charge is -2.29. The number of nitrogens with zero attached hydrogens (tertiary/aromatic N) is 1. The smallest absolute Gasteiger partial charge is 0.243 e. The lowest BCUT2D eigenvalue weighted by molar-refractivity contribution is -0.113. The summed E-state index contributed by atoms with van der Waals surface area (Å²) in [4.78, 5) is 13.8. The largest absolute Gasteiger partial charge is 0.289 e. The van der Waals surface area contributed by atoms with E-state index in [1.165, 1.54) is 15.4 Å². The third-order valence-corrected chi connectivity index (χ3v) is 8.74. The van der Waals surface area contributed by atoms with Crippen LogP contribution in [0.4, 0.5) is 0 Å². The molecule has 0 atom stereocenters. The fourth-order valence-corrected chi connectivity index (χ4v) is 6.06. The van der Waals surface area contributed by atoms with Crippen LogP contribution in [0, 0.1) is 0 Å². The number of unbranched alkanes of at least 4 members (excludes halogenated alkanes) is 2. The molecule has 1 aliphatic heterocycles. The highest BCUT2D eigenvalue weighted by Crippen LogP contribution is 2.27. The molecule has 1 fully saturated rings. The van der Waals surface area contributed by atoms with Crippen LogP contribution in [0.25, 0.3) is 12.2 Å². The van der Waals surface area contributed by atoms with Crippen molar-refractivity contribution in [3.05, 3.63) is 112 Å². The van der Waals surface area contributed by atoms with Gasteiger partial charge in [0.15, 0.2) is 5.78 Å². The average Bonchev–Trinajstić information content (AvgIpc) is 2.94. The zero-order valence-corrected chi connectivity index (χ0v) is 23.2. The molecule has 4 nitrogen and oxygen atoms in total. The summed E-state index contributed by atoms with van der Waals surface area (Å²) < 4.78 is 28.5. The number of carbonyl (C=O) groups excluding carboxylic acids is 1. The summed E-state index contributed by atoms with van der Waals surface area (Å²) in [5.74, 6) is -0.102. The molecule has 0 spiro atoms. The Hall–Kier alpha value is -3.28. The summed E-state index contributed by atoms with van der Waals surface area (Å²) in [5.41, 5.74) is 5.27. The van der Waals surface area contributed by atoms with Gasteiger partial charge in [0.25, 0.3) is 0 Å². The molecule has 0 bridgehead atoms. The van der Waals surface area contributed by atoms with Gasteiger partial charge in [-0.1, -0.05) is 93.4 Å². The Labute approximate surface area is 227 Å². The van der Waals surface area contributed by atoms with Crippen molar-refractivity contribution in [1.82, 2.24) is 4.31 Å². The lowest BCUT2D eigenvalue weighted by Crippen LogP contribution is -2.41. The molecular weight excluding hydrogens is 490 g/mol. The molecule has 0 saturated carbocycles. The highest BCUT2D eigenvalue weighted by atomic mass is 32.2. The fraction of sp³-hybridized carbons (Fsp3) is 0.303. The van der Waals surface area contributed by atoms with Crippen LogP contribution >= 0.6 is 0 Å². The molecule has 198 valence electrons. The van der Waals surface area contributed by atoms with Gasteiger partial charge in [0.05, 0.1) is 4.90 Å². The number of benzene rings is 3. The minimum Gasteiger partial charge on any atom is -0.289 e. The molecule has 0 amide bonds. The summed E-state index contributed by atoms with van der Waals surface area (Å²) in [6.07, 6.45) is 10.3. The topological polar surface area (TPSA) is 54.5 Å². The molecule has 0 unspecified atom stereocenters. The zero-order valence-electron chi connectivity index (χ0n) is 22.4. The SMILES string of the molecule is CCCCc1ccc(/C=C2/CN(S(=O)(=O)c3ccccc3)C/C(=C\c3ccc(CCCC)cc3)C2=O)cc1. The van der Waals surface area contributed by atoms with E-state index in [0.717, 1.165) is 49.7 Å². The lowest BCUT2D eigenvalue weighted by atomic mass is 9.95. The number of hydrogen-bond donors (Lipinski definition) is 0. The molecule has 3 aromatic rings. The summed E-state index contributed by atoms with van der Waals surface area (Å²) in [7, 11) is -3.77. The van der Waals surface area contributed by atoms with Crippen LogP contribution in [0.2, 0.25) is 0 Å². The van der Waals surface area contributed by atoms with Crippen molar-refractivity contribution >= 4 is 28.0 Å². The molecule has 1 heterocycles. The van der Waals surface area contributed by atoms with Crippen LogP contribution in [-0.4, -0.2) is 31.6 Å². The summed E-state index contributed by atoms with van der Waals surface area (Å²) in [6.45, 7) is 4.44. The monoisotopic (exact) mass is 527 g/mol. The standard InChI is InChI=1S/C33H37NO3S/c1-3-5-10-26-14-18-28(19-15-26)22-30-24-34(38(36,37)32-12-8-7-9-13-32)25-31(33(30)35)23-29-20-16-27(17-21-29)11-6-4-2/h7-9,12-23H,3-6,10-11,24-25H2,1-2H3/b30-22-,31-23+. The van der Waals surface area contributed by atoms with E-state index in [9.17, 15) is 13.2 Å². The van der Waals surface area contributed by atoms with Crippen LogP contribution in [0.15, 0.2) is 94.9 Å². The number of hydrogen-bond acceptors (Lipinski definition) is 3. The summed E-state index contributed by atoms with van der Waals surface area (Å²) in [6, 6.07) is 24.8. The number of aryl methyl sites for hydroxylation is 2. The predicted octanol–water partition coefficient (Wildman–Crippen LogP) is 7.11. The first-order valence-electron chi connectivity index (χ1n) is 13.6. The maximum Gasteiger partial charge on any atom is 0.243 e. The Morgan fingerprint density at radius 2 is 1.13 bits per heavy atom. The van der Waals surface area contributed by atoms with E-state index in [1.54, 1.807) is 30.3 Å². The number of piperidine rings is 1. The highest BCUT2D eigenvalue weighted by molar-refractivity contribution is 7.89. The number of ketones is 1. The van der Waals surface area contributed by atoms with Crippen LogP contribution in [0.5, 0.6) is 0 Å². The van der Waals surface area contributed by atoms with Gasteiger partial charge in [0, 0.05) is 24.2 Å². The Bertz CT molecular complexity index is 1310. The van der Waals surface area contributed by atoms with Gasteiger partial charge in [-0.05, 0) is 72.2 Å². The number of rotatable bonds is 10. The molecule has 5 heteroatoms. The Morgan fingerprint density at radius 1 is 0.684 bits per heavy atom. The second-order valence-corrected chi connectivity index (χ2v) is 11.9. The Kier molecular flexibility index (Phi) is 9.48. The van der Waals surface area contributed by atoms with E-state index in [4.69, 9.17) is 0 Å². The molecule has 38 heavy (non-hydrogen) atoms. The van der Waals surface area contributed by atoms with Gasteiger partial charge < -0.3 is 0 Å². The molecule has 1 saturated heterocycles. The zero-order chi connectivity index (χ0) is 27.0. The van der Waals surface area contributed by atoms with Crippen molar-refractivity contribution in [3.63, 3.8) is 0 Å². The molecule has 0 radical (unpaired) electrons. The van der Waals surface area contributed by atoms with Crippen molar-refractivity contribution < 1.29 is 13.2 Å². The van der Waals surface area contributed by atoms with Crippen molar-refractivity contribution in [3.8, 4) is 0 Å². The van der Waals surface area contributed by atoms with Crippen LogP contribution in [-0.2, 0) is 27.7 Å². The maximum absolute atomic E-state index is 13.6. The summed E-state index contributed by atoms with van der Waals surface area (Å²) in [5, 5.41) is 0. The third kappa shape index (κ3) is 6.97. The molecule has 3 aromatic carbocycles. The van der Waals surface area contributed by atoms with E-state index < -0.39 is 10.0 Å². The van der Waals surface area contributed by atoms with Crippen LogP contribution in [0.3, 0.4) is 0 Å². The van der Waals surface area contributed by atoms with Gasteiger partial charge in [0.2, 0.25) is 10.0 Å². The van der Waals surface area contributed by atoms with Crippen molar-refractivity contribution in [2.45, 2.75) is 57.3 Å². The second-order valence-electron chi connectivity index (χ2n) is 9.94. The number of sulfonamides is 1. The highest BCUT2D eigenvalue weighted by Gasteiger charge is 2.34. The molecule has 0 N–H and O–H groups in total. The van der Waals surface area contributed by atoms with Crippen molar-refractivity contribution in [1.29, 1.82) is 0 Å². The van der Waals surface area contributed by atoms with Gasteiger partial charge in [-0.3, -0.25) is 4.79 Å². The second kappa shape index (κ2) is 13.0. The van der Waals surface area contributed by atoms with E-state index in [0.29, 0.717) is 11.1 Å². The quantitative estimate of drug-likeness (QED) is 0.264. The van der Waals surface area contributed by atoms with Gasteiger partial charge in [-0.15, -0.1) is 0 Å². The minimum absolute atomic E-state index is 0.0426. The van der Waals surface area contributed by atoms with E-state index in [1.807, 2.05) is 36.4 Å². The number of Topliss-reactive ketones (excluding diaryl/α,β-unsaturated/α-hetero) is 1. The normalized spacial score (nSPS) is 16.8. The first-order chi connectivity index (χ1) is 18.4. The molecular formula is C33H37NO3S. The fourth-order valence-electron chi connectivity index (χ4n) is 4.64. The first kappa shape index (κ1) is 27.7. The molecule has 1 aliphatic rings. The molecule has 4 rings (SSSR count). The Morgan fingerprint density at radius 3 is 1.55 bits per heavy atom. The van der Waals surface area contributed by atoms with Gasteiger partial charge in [0.1, 0.15) is 0 Å².